The van der Waals surface area contributed by atoms with Gasteiger partial charge in [-0.1, -0.05) is 0 Å². The molecule has 0 spiro atoms. The smallest absolute Gasteiger partial charge is 0.00737 e. The summed E-state index contributed by atoms with van der Waals surface area (Å²) in [5, 5.41) is 3.37. The van der Waals surface area contributed by atoms with Gasteiger partial charge in [0.1, 0.15) is 0 Å². The van der Waals surface area contributed by atoms with Gasteiger partial charge in [0.15, 0.2) is 0 Å². The van der Waals surface area contributed by atoms with Crippen LogP contribution in [0.1, 0.15) is 19.3 Å². The minimum absolute atomic E-state index is 0.558. The molecule has 3 N–H and O–H groups in total. The Hall–Kier alpha value is -0.0800. The van der Waals surface area contributed by atoms with Crippen molar-refractivity contribution in [1.29, 1.82) is 0 Å². The molecule has 1 saturated carbocycles. The van der Waals surface area contributed by atoms with E-state index in [1.54, 1.807) is 0 Å². The van der Waals surface area contributed by atoms with Gasteiger partial charge in [-0.05, 0) is 44.2 Å². The Balaban J connectivity index is 1.81. The van der Waals surface area contributed by atoms with Crippen LogP contribution in [0.15, 0.2) is 0 Å². The fourth-order valence-corrected chi connectivity index (χ4v) is 2.05. The van der Waals surface area contributed by atoms with Crippen LogP contribution in [0.3, 0.4) is 0 Å². The average molecular weight is 140 g/mol. The van der Waals surface area contributed by atoms with Crippen molar-refractivity contribution in [3.63, 3.8) is 0 Å². The lowest BCUT2D eigenvalue weighted by Gasteiger charge is -2.22. The van der Waals surface area contributed by atoms with Gasteiger partial charge in [0.2, 0.25) is 0 Å². The zero-order valence-corrected chi connectivity index (χ0v) is 6.34. The summed E-state index contributed by atoms with van der Waals surface area (Å²) >= 11 is 0. The summed E-state index contributed by atoms with van der Waals surface area (Å²) in [5.41, 5.74) is 5.78. The summed E-state index contributed by atoms with van der Waals surface area (Å²) < 4.78 is 0. The summed E-state index contributed by atoms with van der Waals surface area (Å²) in [5.74, 6) is 1.85. The van der Waals surface area contributed by atoms with Gasteiger partial charge in [-0.3, -0.25) is 0 Å². The van der Waals surface area contributed by atoms with Crippen LogP contribution in [0.2, 0.25) is 0 Å². The minimum atomic E-state index is 0.558. The summed E-state index contributed by atoms with van der Waals surface area (Å²) in [6.45, 7) is 2.43. The van der Waals surface area contributed by atoms with Crippen LogP contribution in [-0.2, 0) is 0 Å². The molecule has 0 radical (unpaired) electrons. The zero-order valence-electron chi connectivity index (χ0n) is 6.34. The quantitative estimate of drug-likeness (QED) is 0.551. The van der Waals surface area contributed by atoms with Crippen LogP contribution in [0.25, 0.3) is 0 Å². The topological polar surface area (TPSA) is 38.0 Å². The van der Waals surface area contributed by atoms with Crippen molar-refractivity contribution in [1.82, 2.24) is 5.32 Å². The highest BCUT2D eigenvalue weighted by Crippen LogP contribution is 2.39. The molecule has 2 rings (SSSR count). The van der Waals surface area contributed by atoms with Crippen molar-refractivity contribution in [3.05, 3.63) is 0 Å². The van der Waals surface area contributed by atoms with Gasteiger partial charge in [0.05, 0.1) is 0 Å². The number of piperidine rings is 1. The third-order valence-electron chi connectivity index (χ3n) is 2.88. The van der Waals surface area contributed by atoms with Gasteiger partial charge in [-0.25, -0.2) is 0 Å². The normalized spacial score (nSPS) is 41.7. The van der Waals surface area contributed by atoms with E-state index < -0.39 is 0 Å². The highest BCUT2D eigenvalue weighted by molar-refractivity contribution is 4.95. The van der Waals surface area contributed by atoms with E-state index in [-0.39, 0.29) is 0 Å². The Labute approximate surface area is 62.2 Å². The number of hydrogen-bond donors (Lipinski definition) is 2. The van der Waals surface area contributed by atoms with E-state index in [1.165, 1.54) is 32.4 Å². The summed E-state index contributed by atoms with van der Waals surface area (Å²) in [6, 6.07) is 0.558. The highest BCUT2D eigenvalue weighted by Gasteiger charge is 2.39. The summed E-state index contributed by atoms with van der Waals surface area (Å²) in [7, 11) is 0. The van der Waals surface area contributed by atoms with Crippen molar-refractivity contribution in [3.8, 4) is 0 Å². The van der Waals surface area contributed by atoms with E-state index in [1.807, 2.05) is 0 Å². The first kappa shape index (κ1) is 6.62. The third kappa shape index (κ3) is 1.18. The van der Waals surface area contributed by atoms with Crippen molar-refractivity contribution in [2.75, 3.05) is 13.1 Å². The SMILES string of the molecule is NC1CC1C1CCNCC1. The number of nitrogens with two attached hydrogens (primary N) is 1. The average Bonchev–Trinajstić information content (AvgIpc) is 2.69. The summed E-state index contributed by atoms with van der Waals surface area (Å²) in [6.07, 6.45) is 4.02. The molecule has 1 aliphatic carbocycles. The monoisotopic (exact) mass is 140 g/mol. The number of nitrogens with one attached hydrogen (secondary N) is 1. The van der Waals surface area contributed by atoms with E-state index >= 15 is 0 Å². The van der Waals surface area contributed by atoms with E-state index in [2.05, 4.69) is 5.32 Å². The van der Waals surface area contributed by atoms with Crippen LogP contribution in [0.5, 0.6) is 0 Å². The van der Waals surface area contributed by atoms with Gasteiger partial charge in [0.25, 0.3) is 0 Å². The van der Waals surface area contributed by atoms with Crippen LogP contribution >= 0.6 is 0 Å². The first-order valence-electron chi connectivity index (χ1n) is 4.34. The molecule has 10 heavy (non-hydrogen) atoms. The molecular formula is C8H16N2. The molecular weight excluding hydrogens is 124 g/mol. The van der Waals surface area contributed by atoms with E-state index in [9.17, 15) is 0 Å². The van der Waals surface area contributed by atoms with Crippen molar-refractivity contribution in [2.24, 2.45) is 17.6 Å². The number of hydrogen-bond acceptors (Lipinski definition) is 2. The molecule has 0 amide bonds. The molecule has 0 aromatic carbocycles. The largest absolute Gasteiger partial charge is 0.327 e. The Morgan fingerprint density at radius 3 is 2.30 bits per heavy atom. The first-order valence-corrected chi connectivity index (χ1v) is 4.34. The van der Waals surface area contributed by atoms with Gasteiger partial charge in [-0.2, -0.15) is 0 Å². The molecule has 1 aliphatic heterocycles. The van der Waals surface area contributed by atoms with Crippen LogP contribution in [-0.4, -0.2) is 19.1 Å². The van der Waals surface area contributed by atoms with Gasteiger partial charge < -0.3 is 11.1 Å². The zero-order chi connectivity index (χ0) is 6.97. The van der Waals surface area contributed by atoms with Crippen molar-refractivity contribution < 1.29 is 0 Å². The molecule has 0 aromatic heterocycles. The fraction of sp³-hybridized carbons (Fsp3) is 1.00. The number of rotatable bonds is 1. The molecule has 2 nitrogen and oxygen atoms in total. The van der Waals surface area contributed by atoms with E-state index in [0.717, 1.165) is 11.8 Å². The maximum absolute atomic E-state index is 5.78. The third-order valence-corrected chi connectivity index (χ3v) is 2.88. The highest BCUT2D eigenvalue weighted by atomic mass is 14.9. The lowest BCUT2D eigenvalue weighted by atomic mass is 9.93. The van der Waals surface area contributed by atoms with Gasteiger partial charge in [0, 0.05) is 6.04 Å². The Morgan fingerprint density at radius 1 is 1.20 bits per heavy atom. The summed E-state index contributed by atoms with van der Waals surface area (Å²) in [4.78, 5) is 0. The van der Waals surface area contributed by atoms with Crippen LogP contribution in [0.4, 0.5) is 0 Å². The molecule has 0 aromatic rings. The molecule has 1 heterocycles. The predicted octanol–water partition coefficient (Wildman–Crippen LogP) is 0.333. The Kier molecular flexibility index (Phi) is 1.66. The molecule has 58 valence electrons. The van der Waals surface area contributed by atoms with Gasteiger partial charge >= 0.3 is 0 Å². The van der Waals surface area contributed by atoms with Crippen LogP contribution in [0, 0.1) is 11.8 Å². The molecule has 2 aliphatic rings. The molecule has 2 heteroatoms. The van der Waals surface area contributed by atoms with Crippen LogP contribution < -0.4 is 11.1 Å². The second-order valence-corrected chi connectivity index (χ2v) is 3.65. The van der Waals surface area contributed by atoms with Gasteiger partial charge in [-0.15, -0.1) is 0 Å². The first-order chi connectivity index (χ1) is 4.88. The predicted molar refractivity (Wildman–Crippen MR) is 41.7 cm³/mol. The second-order valence-electron chi connectivity index (χ2n) is 3.65. The Morgan fingerprint density at radius 2 is 1.80 bits per heavy atom. The molecule has 2 unspecified atom stereocenters. The van der Waals surface area contributed by atoms with Crippen molar-refractivity contribution in [2.45, 2.75) is 25.3 Å². The standard InChI is InChI=1S/C8H16N2/c9-8-5-7(8)6-1-3-10-4-2-6/h6-8,10H,1-5,9H2. The molecule has 2 atom stereocenters. The molecule has 1 saturated heterocycles. The minimum Gasteiger partial charge on any atom is -0.327 e. The lowest BCUT2D eigenvalue weighted by Crippen LogP contribution is -2.29. The van der Waals surface area contributed by atoms with E-state index in [0.29, 0.717) is 6.04 Å². The molecule has 2 fully saturated rings. The van der Waals surface area contributed by atoms with Crippen molar-refractivity contribution >= 4 is 0 Å². The lowest BCUT2D eigenvalue weighted by molar-refractivity contribution is 0.333. The van der Waals surface area contributed by atoms with E-state index in [4.69, 9.17) is 5.73 Å². The Bertz CT molecular complexity index is 118. The molecule has 0 bridgehead atoms. The second kappa shape index (κ2) is 2.51. The fourth-order valence-electron chi connectivity index (χ4n) is 2.05. The maximum Gasteiger partial charge on any atom is 0.00737 e. The maximum atomic E-state index is 5.78.